The summed E-state index contributed by atoms with van der Waals surface area (Å²) >= 11 is 0. The molecule has 2 heterocycles. The molecule has 0 atom stereocenters. The number of carbonyl (C=O) groups is 1. The Hall–Kier alpha value is -4.18. The third-order valence-corrected chi connectivity index (χ3v) is 5.07. The smallest absolute Gasteiger partial charge is 0.346 e. The van der Waals surface area contributed by atoms with Crippen LogP contribution < -0.4 is 5.56 Å². The van der Waals surface area contributed by atoms with E-state index in [4.69, 9.17) is 15.0 Å². The summed E-state index contributed by atoms with van der Waals surface area (Å²) in [5, 5.41) is 12.1. The van der Waals surface area contributed by atoms with Gasteiger partial charge >= 0.3 is 5.97 Å². The van der Waals surface area contributed by atoms with Gasteiger partial charge in [-0.15, -0.1) is 0 Å². The van der Waals surface area contributed by atoms with E-state index in [1.165, 1.54) is 4.52 Å². The Labute approximate surface area is 178 Å². The van der Waals surface area contributed by atoms with E-state index in [9.17, 15) is 9.59 Å². The fourth-order valence-electron chi connectivity index (χ4n) is 3.55. The van der Waals surface area contributed by atoms with E-state index in [0.717, 1.165) is 22.4 Å². The van der Waals surface area contributed by atoms with Crippen LogP contribution in [0, 0.1) is 25.2 Å². The van der Waals surface area contributed by atoms with E-state index in [-0.39, 0.29) is 17.9 Å². The number of nitriles is 1. The molecule has 0 aliphatic rings. The molecule has 31 heavy (non-hydrogen) atoms. The van der Waals surface area contributed by atoms with E-state index in [2.05, 4.69) is 11.2 Å². The molecular weight excluding hydrogens is 392 g/mol. The van der Waals surface area contributed by atoms with Gasteiger partial charge in [-0.05, 0) is 38.5 Å². The number of ether oxygens (including phenoxy) is 1. The molecule has 0 fully saturated rings. The number of aryl methyl sites for hydroxylation is 2. The van der Waals surface area contributed by atoms with Crippen LogP contribution in [-0.2, 0) is 4.74 Å². The number of esters is 1. The molecule has 0 amide bonds. The van der Waals surface area contributed by atoms with Crippen molar-refractivity contribution < 1.29 is 9.53 Å². The lowest BCUT2D eigenvalue weighted by Crippen LogP contribution is -2.26. The second kappa shape index (κ2) is 7.92. The highest BCUT2D eigenvalue weighted by Gasteiger charge is 2.25. The van der Waals surface area contributed by atoms with Crippen LogP contribution in [0.4, 0.5) is 0 Å². The van der Waals surface area contributed by atoms with Crippen LogP contribution in [0.5, 0.6) is 0 Å². The Kier molecular flexibility index (Phi) is 5.14. The molecule has 0 spiro atoms. The van der Waals surface area contributed by atoms with Gasteiger partial charge in [0.25, 0.3) is 5.56 Å². The first-order valence-electron chi connectivity index (χ1n) is 9.84. The summed E-state index contributed by atoms with van der Waals surface area (Å²) in [5.41, 5.74) is 4.52. The van der Waals surface area contributed by atoms with Crippen molar-refractivity contribution >= 4 is 11.6 Å². The average molecular weight is 412 g/mol. The highest BCUT2D eigenvalue weighted by Crippen LogP contribution is 2.29. The van der Waals surface area contributed by atoms with Crippen molar-refractivity contribution in [2.24, 2.45) is 0 Å². The first-order chi connectivity index (χ1) is 14.9. The highest BCUT2D eigenvalue weighted by atomic mass is 16.5. The Morgan fingerprint density at radius 1 is 1.10 bits per heavy atom. The number of benzene rings is 2. The summed E-state index contributed by atoms with van der Waals surface area (Å²) in [7, 11) is 0. The predicted octanol–water partition coefficient (Wildman–Crippen LogP) is 4.02. The van der Waals surface area contributed by atoms with Crippen molar-refractivity contribution in [1.82, 2.24) is 14.6 Å². The molecular formula is C24H20N4O3. The Balaban J connectivity index is 2.05. The van der Waals surface area contributed by atoms with Gasteiger partial charge in [0.1, 0.15) is 0 Å². The van der Waals surface area contributed by atoms with Crippen LogP contribution in [0.2, 0.25) is 0 Å². The lowest BCUT2D eigenvalue weighted by molar-refractivity contribution is 0.0524. The number of hydrogen-bond donors (Lipinski definition) is 1. The largest absolute Gasteiger partial charge is 0.462 e. The Morgan fingerprint density at radius 3 is 2.35 bits per heavy atom. The molecule has 154 valence electrons. The minimum Gasteiger partial charge on any atom is -0.462 e. The van der Waals surface area contributed by atoms with Crippen LogP contribution in [0.15, 0.2) is 53.3 Å². The van der Waals surface area contributed by atoms with E-state index in [0.29, 0.717) is 16.8 Å². The second-order valence-electron chi connectivity index (χ2n) is 7.19. The molecule has 2 aromatic carbocycles. The molecule has 4 aromatic rings. The van der Waals surface area contributed by atoms with E-state index < -0.39 is 11.5 Å². The molecule has 0 aliphatic carbocycles. The fraction of sp³-hybridized carbons (Fsp3) is 0.167. The van der Waals surface area contributed by atoms with E-state index in [1.54, 1.807) is 31.2 Å². The molecule has 7 heteroatoms. The number of hydrogen-bond acceptors (Lipinski definition) is 5. The van der Waals surface area contributed by atoms with Gasteiger partial charge < -0.3 is 4.74 Å². The van der Waals surface area contributed by atoms with Crippen LogP contribution in [0.1, 0.15) is 34.1 Å². The van der Waals surface area contributed by atoms with Crippen LogP contribution in [-0.4, -0.2) is 27.2 Å². The third-order valence-electron chi connectivity index (χ3n) is 5.07. The first kappa shape index (κ1) is 20.1. The van der Waals surface area contributed by atoms with Gasteiger partial charge in [0, 0.05) is 16.8 Å². The monoisotopic (exact) mass is 412 g/mol. The Morgan fingerprint density at radius 2 is 1.74 bits per heavy atom. The topological polar surface area (TPSA) is 100 Å². The van der Waals surface area contributed by atoms with Gasteiger partial charge in [0.05, 0.1) is 23.9 Å². The number of aromatic nitrogens is 3. The van der Waals surface area contributed by atoms with Crippen LogP contribution >= 0.6 is 0 Å². The molecule has 1 N–H and O–H groups in total. The predicted molar refractivity (Wildman–Crippen MR) is 117 cm³/mol. The summed E-state index contributed by atoms with van der Waals surface area (Å²) < 4.78 is 6.42. The van der Waals surface area contributed by atoms with Gasteiger partial charge in [-0.2, -0.15) is 5.26 Å². The molecule has 0 aliphatic heterocycles. The van der Waals surface area contributed by atoms with Crippen molar-refractivity contribution in [3.05, 3.63) is 81.3 Å². The molecule has 0 unspecified atom stereocenters. The molecule has 2 aromatic heterocycles. The average Bonchev–Trinajstić information content (AvgIpc) is 3.10. The number of carbonyl (C=O) groups excluding carboxylic acids is 1. The van der Waals surface area contributed by atoms with Crippen LogP contribution in [0.3, 0.4) is 0 Å². The van der Waals surface area contributed by atoms with Crippen LogP contribution in [0.25, 0.3) is 28.0 Å². The van der Waals surface area contributed by atoms with Crippen molar-refractivity contribution in [3.8, 4) is 28.5 Å². The number of rotatable bonds is 4. The molecule has 7 nitrogen and oxygen atoms in total. The SMILES string of the molecule is CCOC(=O)c1c(-c2ccc(C#N)cc2)nc2c(-c3ccc(C)cc3)c(C)[nH]n2c1=O. The zero-order valence-electron chi connectivity index (χ0n) is 17.4. The van der Waals surface area contributed by atoms with Gasteiger partial charge in [0.15, 0.2) is 11.2 Å². The molecule has 4 rings (SSSR count). The minimum absolute atomic E-state index is 0.131. The first-order valence-corrected chi connectivity index (χ1v) is 9.84. The maximum atomic E-state index is 13.4. The third kappa shape index (κ3) is 3.49. The molecule has 0 saturated carbocycles. The number of nitrogens with one attached hydrogen (secondary N) is 1. The molecule has 0 radical (unpaired) electrons. The fourth-order valence-corrected chi connectivity index (χ4v) is 3.55. The zero-order chi connectivity index (χ0) is 22.1. The van der Waals surface area contributed by atoms with E-state index in [1.807, 2.05) is 38.1 Å². The highest BCUT2D eigenvalue weighted by molar-refractivity contribution is 5.97. The molecule has 0 bridgehead atoms. The maximum Gasteiger partial charge on any atom is 0.346 e. The maximum absolute atomic E-state index is 13.4. The number of fused-ring (bicyclic) bond motifs is 1. The minimum atomic E-state index is -0.738. The summed E-state index contributed by atoms with van der Waals surface area (Å²) in [6.45, 7) is 5.67. The number of aromatic amines is 1. The van der Waals surface area contributed by atoms with Gasteiger partial charge in [-0.25, -0.2) is 14.3 Å². The van der Waals surface area contributed by atoms with Crippen molar-refractivity contribution in [2.45, 2.75) is 20.8 Å². The normalized spacial score (nSPS) is 10.8. The van der Waals surface area contributed by atoms with Crippen molar-refractivity contribution in [3.63, 3.8) is 0 Å². The van der Waals surface area contributed by atoms with E-state index >= 15 is 0 Å². The lowest BCUT2D eigenvalue weighted by atomic mass is 10.0. The Bertz CT molecular complexity index is 1390. The standard InChI is InChI=1S/C24H20N4O3/c1-4-31-24(30)20-21(18-11-7-16(13-25)8-12-18)26-22-19(15(3)27-28(22)23(20)29)17-9-5-14(2)6-10-17/h5-12,27H,4H2,1-3H3. The second-order valence-corrected chi connectivity index (χ2v) is 7.19. The van der Waals surface area contributed by atoms with Crippen molar-refractivity contribution in [2.75, 3.05) is 6.61 Å². The molecule has 0 saturated heterocycles. The summed E-state index contributed by atoms with van der Waals surface area (Å²) in [4.78, 5) is 30.8. The van der Waals surface area contributed by atoms with Gasteiger partial charge in [-0.3, -0.25) is 9.89 Å². The summed E-state index contributed by atoms with van der Waals surface area (Å²) in [6.07, 6.45) is 0. The summed E-state index contributed by atoms with van der Waals surface area (Å²) in [6, 6.07) is 16.6. The summed E-state index contributed by atoms with van der Waals surface area (Å²) in [5.74, 6) is -0.738. The number of nitrogens with zero attached hydrogens (tertiary/aromatic N) is 3. The van der Waals surface area contributed by atoms with Gasteiger partial charge in [0.2, 0.25) is 0 Å². The number of H-pyrrole nitrogens is 1. The quantitative estimate of drug-likeness (QED) is 0.510. The lowest BCUT2D eigenvalue weighted by Gasteiger charge is -2.09. The van der Waals surface area contributed by atoms with Crippen molar-refractivity contribution in [1.29, 1.82) is 5.26 Å². The zero-order valence-corrected chi connectivity index (χ0v) is 17.4. The van der Waals surface area contributed by atoms with Gasteiger partial charge in [-0.1, -0.05) is 42.0 Å².